The average Bonchev–Trinajstić information content (AvgIpc) is 3.42. The Hall–Kier alpha value is -1.44. The van der Waals surface area contributed by atoms with Gasteiger partial charge in [0.05, 0.1) is 25.4 Å². The number of ether oxygens (including phenoxy) is 2. The number of aliphatic hydroxyl groups excluding tert-OH is 2. The summed E-state index contributed by atoms with van der Waals surface area (Å²) < 4.78 is 12.0. The summed E-state index contributed by atoms with van der Waals surface area (Å²) in [6.45, 7) is 1.78. The van der Waals surface area contributed by atoms with E-state index in [0.29, 0.717) is 35.0 Å². The van der Waals surface area contributed by atoms with E-state index in [-0.39, 0.29) is 6.04 Å². The lowest BCUT2D eigenvalue weighted by Crippen LogP contribution is -2.44. The Morgan fingerprint density at radius 3 is 3.04 bits per heavy atom. The molecule has 0 spiro atoms. The number of hydrogen-bond acceptors (Lipinski definition) is 11. The van der Waals surface area contributed by atoms with Gasteiger partial charge in [0.1, 0.15) is 28.5 Å². The first-order valence-electron chi connectivity index (χ1n) is 9.14. The predicted octanol–water partition coefficient (Wildman–Crippen LogP) is -0.449. The largest absolute Gasteiger partial charge is 0.387 e. The molecule has 0 amide bonds. The molecule has 0 radical (unpaired) electrons. The average molecular weight is 429 g/mol. The first-order valence-corrected chi connectivity index (χ1v) is 10.5. The third kappa shape index (κ3) is 3.84. The lowest BCUT2D eigenvalue weighted by atomic mass is 10.1. The number of thioether (sulfide) groups is 1. The van der Waals surface area contributed by atoms with Gasteiger partial charge in [0.25, 0.3) is 0 Å². The summed E-state index contributed by atoms with van der Waals surface area (Å²) in [5.74, 6) is 1.77. The highest BCUT2D eigenvalue weighted by Gasteiger charge is 2.47. The highest BCUT2D eigenvalue weighted by molar-refractivity contribution is 8.23. The second kappa shape index (κ2) is 8.51. The molecule has 4 heterocycles. The van der Waals surface area contributed by atoms with Gasteiger partial charge in [-0.1, -0.05) is 24.0 Å². The quantitative estimate of drug-likeness (QED) is 0.390. The van der Waals surface area contributed by atoms with E-state index in [4.69, 9.17) is 21.7 Å². The number of thiocarbonyl (C=S) groups is 1. The van der Waals surface area contributed by atoms with Gasteiger partial charge in [0.2, 0.25) is 0 Å². The molecule has 4 rings (SSSR count). The van der Waals surface area contributed by atoms with Gasteiger partial charge >= 0.3 is 0 Å². The summed E-state index contributed by atoms with van der Waals surface area (Å²) >= 11 is 6.49. The van der Waals surface area contributed by atoms with Gasteiger partial charge in [-0.2, -0.15) is 0 Å². The van der Waals surface area contributed by atoms with Crippen molar-refractivity contribution in [1.29, 1.82) is 0 Å². The number of aliphatic hydroxyl groups is 2. The van der Waals surface area contributed by atoms with Gasteiger partial charge < -0.3 is 40.5 Å². The van der Waals surface area contributed by atoms with E-state index in [1.807, 2.05) is 4.90 Å². The molecule has 1 aromatic rings. The number of anilines is 3. The van der Waals surface area contributed by atoms with Crippen LogP contribution in [0.3, 0.4) is 0 Å². The molecule has 0 bridgehead atoms. The molecule has 0 aliphatic carbocycles. The molecule has 3 aliphatic heterocycles. The fraction of sp³-hybridized carbons (Fsp3) is 0.688. The minimum atomic E-state index is -1.06. The highest BCUT2D eigenvalue weighted by Crippen LogP contribution is 2.39. The first kappa shape index (κ1) is 19.9. The van der Waals surface area contributed by atoms with Crippen LogP contribution in [0.2, 0.25) is 0 Å². The lowest BCUT2D eigenvalue weighted by molar-refractivity contribution is 0.0171. The SMILES string of the molecule is CNC(=S)SC[C@H]1OC(N2CNc3c(N[C@@H]4CCOC4)ncnc32)[C@H](O)[C@@H]1O. The van der Waals surface area contributed by atoms with E-state index in [1.165, 1.54) is 18.1 Å². The van der Waals surface area contributed by atoms with Crippen LogP contribution in [-0.4, -0.2) is 87.8 Å². The van der Waals surface area contributed by atoms with Crippen molar-refractivity contribution in [2.75, 3.05) is 48.2 Å². The summed E-state index contributed by atoms with van der Waals surface area (Å²) in [7, 11) is 1.74. The molecule has 0 aromatic carbocycles. The van der Waals surface area contributed by atoms with Crippen LogP contribution in [0.5, 0.6) is 0 Å². The lowest BCUT2D eigenvalue weighted by Gasteiger charge is -2.26. The molecule has 3 aliphatic rings. The molecule has 154 valence electrons. The molecule has 2 saturated heterocycles. The van der Waals surface area contributed by atoms with Crippen LogP contribution < -0.4 is 20.9 Å². The molecule has 2 fully saturated rings. The van der Waals surface area contributed by atoms with Crippen molar-refractivity contribution in [2.45, 2.75) is 37.0 Å². The van der Waals surface area contributed by atoms with E-state index in [1.54, 1.807) is 7.05 Å². The third-order valence-corrected chi connectivity index (χ3v) is 6.54. The van der Waals surface area contributed by atoms with Crippen LogP contribution >= 0.6 is 24.0 Å². The van der Waals surface area contributed by atoms with Gasteiger partial charge in [-0.3, -0.25) is 0 Å². The summed E-state index contributed by atoms with van der Waals surface area (Å²) in [5, 5.41) is 30.5. The van der Waals surface area contributed by atoms with Gasteiger partial charge in [0, 0.05) is 19.4 Å². The van der Waals surface area contributed by atoms with Crippen LogP contribution in [0.4, 0.5) is 17.3 Å². The molecular weight excluding hydrogens is 404 g/mol. The first-order chi connectivity index (χ1) is 13.6. The smallest absolute Gasteiger partial charge is 0.162 e. The third-order valence-electron chi connectivity index (χ3n) is 5.02. The van der Waals surface area contributed by atoms with Crippen molar-refractivity contribution >= 4 is 45.6 Å². The Morgan fingerprint density at radius 2 is 2.29 bits per heavy atom. The maximum absolute atomic E-state index is 10.6. The Kier molecular flexibility index (Phi) is 6.04. The van der Waals surface area contributed by atoms with Gasteiger partial charge in [-0.15, -0.1) is 0 Å². The normalized spacial score (nSPS) is 31.5. The minimum Gasteiger partial charge on any atom is -0.387 e. The molecule has 1 aromatic heterocycles. The van der Waals surface area contributed by atoms with Crippen molar-refractivity contribution in [3.05, 3.63) is 6.33 Å². The van der Waals surface area contributed by atoms with Crippen molar-refractivity contribution in [3.63, 3.8) is 0 Å². The molecular formula is C16H24N6O4S2. The Balaban J connectivity index is 1.47. The van der Waals surface area contributed by atoms with Crippen molar-refractivity contribution in [1.82, 2.24) is 15.3 Å². The molecule has 10 nitrogen and oxygen atoms in total. The van der Waals surface area contributed by atoms with Crippen LogP contribution in [0.25, 0.3) is 0 Å². The summed E-state index contributed by atoms with van der Waals surface area (Å²) in [5.41, 5.74) is 0.758. The van der Waals surface area contributed by atoms with Crippen LogP contribution in [0, 0.1) is 0 Å². The zero-order chi connectivity index (χ0) is 19.7. The second-order valence-corrected chi connectivity index (χ2v) is 8.52. The maximum Gasteiger partial charge on any atom is 0.162 e. The maximum atomic E-state index is 10.6. The van der Waals surface area contributed by atoms with Crippen LogP contribution in [0.15, 0.2) is 6.33 Å². The standard InChI is InChI=1S/C16H24N6O4S2/c1-17-16(27)28-5-9-11(23)12(24)15(26-9)22-7-20-10-13(18-6-19-14(10)22)21-8-2-3-25-4-8/h6,8-9,11-12,15,20,23-24H,2-5,7H2,1H3,(H,17,27)(H,18,19,21)/t8-,9-,11-,12-,15?/m1/s1. The second-order valence-electron chi connectivity index (χ2n) is 6.83. The highest BCUT2D eigenvalue weighted by atomic mass is 32.2. The van der Waals surface area contributed by atoms with Crippen LogP contribution in [-0.2, 0) is 9.47 Å². The summed E-state index contributed by atoms with van der Waals surface area (Å²) in [4.78, 5) is 10.5. The van der Waals surface area contributed by atoms with Crippen LogP contribution in [0.1, 0.15) is 6.42 Å². The van der Waals surface area contributed by atoms with Crippen molar-refractivity contribution in [2.24, 2.45) is 0 Å². The monoisotopic (exact) mass is 428 g/mol. The van der Waals surface area contributed by atoms with Gasteiger partial charge in [0.15, 0.2) is 17.9 Å². The molecule has 5 N–H and O–H groups in total. The summed E-state index contributed by atoms with van der Waals surface area (Å²) in [6.07, 6.45) is -0.904. The van der Waals surface area contributed by atoms with Gasteiger partial charge in [-0.05, 0) is 6.42 Å². The number of fused-ring (bicyclic) bond motifs is 1. The molecule has 28 heavy (non-hydrogen) atoms. The van der Waals surface area contributed by atoms with Crippen molar-refractivity contribution in [3.8, 4) is 0 Å². The number of rotatable bonds is 5. The fourth-order valence-electron chi connectivity index (χ4n) is 3.51. The van der Waals surface area contributed by atoms with Gasteiger partial charge in [-0.25, -0.2) is 9.97 Å². The van der Waals surface area contributed by atoms with E-state index in [0.717, 1.165) is 18.7 Å². The zero-order valence-corrected chi connectivity index (χ0v) is 17.0. The number of nitrogens with one attached hydrogen (secondary N) is 3. The number of aromatic nitrogens is 2. The molecule has 5 atom stereocenters. The Bertz CT molecular complexity index is 722. The Labute approximate surface area is 172 Å². The van der Waals surface area contributed by atoms with Crippen molar-refractivity contribution < 1.29 is 19.7 Å². The minimum absolute atomic E-state index is 0.211. The van der Waals surface area contributed by atoms with E-state index < -0.39 is 24.5 Å². The van der Waals surface area contributed by atoms with E-state index >= 15 is 0 Å². The predicted molar refractivity (Wildman–Crippen MR) is 111 cm³/mol. The number of nitrogens with zero attached hydrogens (tertiary/aromatic N) is 3. The molecule has 0 saturated carbocycles. The summed E-state index contributed by atoms with van der Waals surface area (Å²) in [6, 6.07) is 0.211. The van der Waals surface area contributed by atoms with E-state index in [2.05, 4.69) is 25.9 Å². The molecule has 1 unspecified atom stereocenters. The number of hydrogen-bond donors (Lipinski definition) is 5. The zero-order valence-electron chi connectivity index (χ0n) is 15.4. The fourth-order valence-corrected chi connectivity index (χ4v) is 4.45. The van der Waals surface area contributed by atoms with E-state index in [9.17, 15) is 10.2 Å². The topological polar surface area (TPSA) is 124 Å². The molecule has 12 heteroatoms. The Morgan fingerprint density at radius 1 is 1.43 bits per heavy atom.